The summed E-state index contributed by atoms with van der Waals surface area (Å²) in [5.74, 6) is -0.302. The van der Waals surface area contributed by atoms with E-state index in [1.807, 2.05) is 27.7 Å². The number of amides is 1. The molecule has 0 unspecified atom stereocenters. The van der Waals surface area contributed by atoms with E-state index in [4.69, 9.17) is 14.2 Å². The normalized spacial score (nSPS) is 19.5. The monoisotopic (exact) mass is 459 g/mol. The molecule has 0 bridgehead atoms. The maximum atomic E-state index is 14.4. The highest BCUT2D eigenvalue weighted by molar-refractivity contribution is 5.94. The summed E-state index contributed by atoms with van der Waals surface area (Å²) >= 11 is 0. The smallest absolute Gasteiger partial charge is 0.253 e. The quantitative estimate of drug-likeness (QED) is 0.578. The van der Waals surface area contributed by atoms with Crippen LogP contribution in [0.1, 0.15) is 69.0 Å². The number of nitrogens with zero attached hydrogens (tertiary/aromatic N) is 1. The highest BCUT2D eigenvalue weighted by Crippen LogP contribution is 2.46. The van der Waals surface area contributed by atoms with Crippen LogP contribution >= 0.6 is 0 Å². The Labute approximate surface area is 193 Å². The summed E-state index contributed by atoms with van der Waals surface area (Å²) in [5, 5.41) is 0. The van der Waals surface area contributed by atoms with Crippen LogP contribution < -0.4 is 9.47 Å². The van der Waals surface area contributed by atoms with Crippen LogP contribution in [0, 0.1) is 11.6 Å². The van der Waals surface area contributed by atoms with Crippen LogP contribution in [0.25, 0.3) is 0 Å². The second-order valence-corrected chi connectivity index (χ2v) is 9.45. The SMILES string of the molecule is CC(C)Oc1ccc(C(=O)N2CCC3(CC2)C[C@@H](OC(C)C)c2cc(F)ccc2O3)cc1F. The first-order chi connectivity index (χ1) is 15.7. The average Bonchev–Trinajstić information content (AvgIpc) is 2.75. The van der Waals surface area contributed by atoms with E-state index in [9.17, 15) is 13.6 Å². The van der Waals surface area contributed by atoms with E-state index < -0.39 is 11.4 Å². The van der Waals surface area contributed by atoms with Gasteiger partial charge in [0.2, 0.25) is 0 Å². The second kappa shape index (κ2) is 9.29. The van der Waals surface area contributed by atoms with Crippen LogP contribution in [0.3, 0.4) is 0 Å². The third kappa shape index (κ3) is 5.13. The molecule has 7 heteroatoms. The van der Waals surface area contributed by atoms with Gasteiger partial charge >= 0.3 is 0 Å². The van der Waals surface area contributed by atoms with Gasteiger partial charge in [-0.3, -0.25) is 4.79 Å². The molecule has 5 nitrogen and oxygen atoms in total. The second-order valence-electron chi connectivity index (χ2n) is 9.45. The summed E-state index contributed by atoms with van der Waals surface area (Å²) in [6.45, 7) is 8.52. The number of ether oxygens (including phenoxy) is 3. The number of carbonyl (C=O) groups excluding carboxylic acids is 1. The van der Waals surface area contributed by atoms with Crippen LogP contribution in [0.4, 0.5) is 8.78 Å². The van der Waals surface area contributed by atoms with Gasteiger partial charge < -0.3 is 19.1 Å². The van der Waals surface area contributed by atoms with Crippen LogP contribution in [-0.2, 0) is 4.74 Å². The minimum atomic E-state index is -0.545. The van der Waals surface area contributed by atoms with E-state index in [1.54, 1.807) is 17.0 Å². The standard InChI is InChI=1S/C26H31F2NO4/c1-16(2)31-23-7-5-18(13-21(23)28)25(30)29-11-9-26(10-12-29)15-24(32-17(3)4)20-14-19(27)6-8-22(20)33-26/h5-8,13-14,16-17,24H,9-12,15H2,1-4H3/t24-/m1/s1. The number of piperidine rings is 1. The third-order valence-corrected chi connectivity index (χ3v) is 6.14. The third-order valence-electron chi connectivity index (χ3n) is 6.14. The molecular weight excluding hydrogens is 428 g/mol. The Morgan fingerprint density at radius 2 is 1.79 bits per heavy atom. The fraction of sp³-hybridized carbons (Fsp3) is 0.500. The van der Waals surface area contributed by atoms with Crippen molar-refractivity contribution in [1.29, 1.82) is 0 Å². The maximum Gasteiger partial charge on any atom is 0.253 e. The first-order valence-electron chi connectivity index (χ1n) is 11.6. The first-order valence-corrected chi connectivity index (χ1v) is 11.6. The largest absolute Gasteiger partial charge is 0.488 e. The summed E-state index contributed by atoms with van der Waals surface area (Å²) in [6.07, 6.45) is 1.39. The Morgan fingerprint density at radius 1 is 1.06 bits per heavy atom. The minimum Gasteiger partial charge on any atom is -0.488 e. The van der Waals surface area contributed by atoms with Crippen molar-refractivity contribution in [3.05, 3.63) is 59.2 Å². The van der Waals surface area contributed by atoms with Crippen molar-refractivity contribution >= 4 is 5.91 Å². The predicted molar refractivity (Wildman–Crippen MR) is 121 cm³/mol. The number of fused-ring (bicyclic) bond motifs is 1. The van der Waals surface area contributed by atoms with Crippen molar-refractivity contribution in [2.75, 3.05) is 13.1 Å². The number of carbonyl (C=O) groups is 1. The van der Waals surface area contributed by atoms with Gasteiger partial charge in [-0.2, -0.15) is 0 Å². The molecule has 0 aliphatic carbocycles. The number of benzene rings is 2. The van der Waals surface area contributed by atoms with Gasteiger partial charge in [-0.1, -0.05) is 0 Å². The van der Waals surface area contributed by atoms with Crippen molar-refractivity contribution in [3.63, 3.8) is 0 Å². The zero-order valence-corrected chi connectivity index (χ0v) is 19.6. The summed E-state index contributed by atoms with van der Waals surface area (Å²) in [7, 11) is 0. The van der Waals surface area contributed by atoms with Gasteiger partial charge in [0, 0.05) is 43.5 Å². The van der Waals surface area contributed by atoms with Gasteiger partial charge in [0.25, 0.3) is 5.91 Å². The molecule has 2 heterocycles. The van der Waals surface area contributed by atoms with E-state index >= 15 is 0 Å². The van der Waals surface area contributed by atoms with Gasteiger partial charge in [0.15, 0.2) is 11.6 Å². The van der Waals surface area contributed by atoms with Crippen LogP contribution in [-0.4, -0.2) is 41.7 Å². The first kappa shape index (κ1) is 23.5. The topological polar surface area (TPSA) is 48.0 Å². The van der Waals surface area contributed by atoms with Gasteiger partial charge in [0.1, 0.15) is 17.2 Å². The molecule has 1 saturated heterocycles. The lowest BCUT2D eigenvalue weighted by atomic mass is 9.81. The Hall–Kier alpha value is -2.67. The predicted octanol–water partition coefficient (Wildman–Crippen LogP) is 5.68. The molecule has 0 N–H and O–H groups in total. The summed E-state index contributed by atoms with van der Waals surface area (Å²) in [6, 6.07) is 8.87. The molecule has 2 aliphatic heterocycles. The number of hydrogen-bond acceptors (Lipinski definition) is 4. The number of likely N-dealkylation sites (tertiary alicyclic amines) is 1. The number of halogens is 2. The van der Waals surface area contributed by atoms with E-state index in [0.29, 0.717) is 43.7 Å². The molecule has 1 spiro atoms. The molecule has 2 aromatic rings. The number of rotatable bonds is 5. The average molecular weight is 460 g/mol. The Bertz CT molecular complexity index is 1020. The lowest BCUT2D eigenvalue weighted by Gasteiger charge is -2.47. The van der Waals surface area contributed by atoms with Gasteiger partial charge in [0.05, 0.1) is 18.3 Å². The Balaban J connectivity index is 1.47. The summed E-state index contributed by atoms with van der Waals surface area (Å²) in [5.41, 5.74) is 0.541. The number of hydrogen-bond donors (Lipinski definition) is 0. The van der Waals surface area contributed by atoms with Crippen molar-refractivity contribution in [2.24, 2.45) is 0 Å². The van der Waals surface area contributed by atoms with Gasteiger partial charge in [-0.05, 0) is 64.1 Å². The lowest BCUT2D eigenvalue weighted by Crippen LogP contribution is -2.52. The van der Waals surface area contributed by atoms with Crippen molar-refractivity contribution in [3.8, 4) is 11.5 Å². The molecule has 1 atom stereocenters. The lowest BCUT2D eigenvalue weighted by molar-refractivity contribution is -0.0873. The molecule has 2 aliphatic rings. The van der Waals surface area contributed by atoms with Gasteiger partial charge in [-0.25, -0.2) is 8.78 Å². The maximum absolute atomic E-state index is 14.4. The molecule has 2 aromatic carbocycles. The highest BCUT2D eigenvalue weighted by atomic mass is 19.1. The van der Waals surface area contributed by atoms with Crippen molar-refractivity contribution < 1.29 is 27.8 Å². The molecule has 0 saturated carbocycles. The van der Waals surface area contributed by atoms with Crippen molar-refractivity contribution in [2.45, 2.75) is 70.9 Å². The van der Waals surface area contributed by atoms with Crippen molar-refractivity contribution in [1.82, 2.24) is 4.90 Å². The molecule has 1 amide bonds. The Kier molecular flexibility index (Phi) is 6.61. The van der Waals surface area contributed by atoms with E-state index in [1.165, 1.54) is 24.3 Å². The molecular formula is C26H31F2NO4. The van der Waals surface area contributed by atoms with E-state index in [0.717, 1.165) is 5.56 Å². The highest BCUT2D eigenvalue weighted by Gasteiger charge is 2.45. The fourth-order valence-corrected chi connectivity index (χ4v) is 4.63. The zero-order chi connectivity index (χ0) is 23.8. The molecule has 1 fully saturated rings. The van der Waals surface area contributed by atoms with E-state index in [2.05, 4.69) is 0 Å². The van der Waals surface area contributed by atoms with Crippen LogP contribution in [0.2, 0.25) is 0 Å². The Morgan fingerprint density at radius 3 is 2.42 bits per heavy atom. The van der Waals surface area contributed by atoms with Gasteiger partial charge in [-0.15, -0.1) is 0 Å². The van der Waals surface area contributed by atoms with Crippen LogP contribution in [0.5, 0.6) is 11.5 Å². The molecule has 178 valence electrons. The molecule has 0 aromatic heterocycles. The minimum absolute atomic E-state index is 0.0134. The molecule has 0 radical (unpaired) electrons. The molecule has 33 heavy (non-hydrogen) atoms. The molecule has 4 rings (SSSR count). The zero-order valence-electron chi connectivity index (χ0n) is 19.6. The van der Waals surface area contributed by atoms with Crippen LogP contribution in [0.15, 0.2) is 36.4 Å². The summed E-state index contributed by atoms with van der Waals surface area (Å²) < 4.78 is 46.2. The fourth-order valence-electron chi connectivity index (χ4n) is 4.63. The summed E-state index contributed by atoms with van der Waals surface area (Å²) in [4.78, 5) is 14.7. The van der Waals surface area contributed by atoms with E-state index in [-0.39, 0.29) is 35.8 Å².